The molecule has 0 radical (unpaired) electrons. The van der Waals surface area contributed by atoms with E-state index in [1.165, 1.54) is 6.07 Å². The van der Waals surface area contributed by atoms with Crippen molar-refractivity contribution >= 4 is 15.9 Å². The molecule has 2 aromatic rings. The smallest absolute Gasteiger partial charge is 0.124 e. The van der Waals surface area contributed by atoms with Gasteiger partial charge in [-0.15, -0.1) is 0 Å². The lowest BCUT2D eigenvalue weighted by Crippen LogP contribution is -2.21. The first kappa shape index (κ1) is 13.2. The Morgan fingerprint density at radius 1 is 1.39 bits per heavy atom. The molecule has 1 N–H and O–H groups in total. The zero-order valence-electron chi connectivity index (χ0n) is 10.3. The Balaban J connectivity index is 2.40. The Labute approximate surface area is 114 Å². The van der Waals surface area contributed by atoms with Gasteiger partial charge in [0.25, 0.3) is 0 Å². The van der Waals surface area contributed by atoms with E-state index in [0.29, 0.717) is 0 Å². The van der Waals surface area contributed by atoms with Crippen LogP contribution in [0.15, 0.2) is 35.1 Å². The second-order valence-electron chi connectivity index (χ2n) is 4.14. The van der Waals surface area contributed by atoms with E-state index in [-0.39, 0.29) is 11.9 Å². The Morgan fingerprint density at radius 2 is 2.17 bits per heavy atom. The maximum Gasteiger partial charge on any atom is 0.124 e. The average Bonchev–Trinajstić information content (AvgIpc) is 2.71. The van der Waals surface area contributed by atoms with Crippen molar-refractivity contribution in [3.63, 3.8) is 0 Å². The summed E-state index contributed by atoms with van der Waals surface area (Å²) in [4.78, 5) is 0. The van der Waals surface area contributed by atoms with E-state index < -0.39 is 0 Å². The van der Waals surface area contributed by atoms with Crippen molar-refractivity contribution < 1.29 is 4.39 Å². The summed E-state index contributed by atoms with van der Waals surface area (Å²) in [7, 11) is 1.87. The van der Waals surface area contributed by atoms with Crippen molar-refractivity contribution in [2.24, 2.45) is 7.05 Å². The topological polar surface area (TPSA) is 29.9 Å². The highest BCUT2D eigenvalue weighted by molar-refractivity contribution is 9.10. The molecule has 0 fully saturated rings. The SMILES string of the molecule is CCNC(c1cc(F)cc(Br)c1)c1cnn(C)c1. The van der Waals surface area contributed by atoms with Gasteiger partial charge in [-0.1, -0.05) is 22.9 Å². The fraction of sp³-hybridized carbons (Fsp3) is 0.308. The van der Waals surface area contributed by atoms with Crippen LogP contribution in [0.3, 0.4) is 0 Å². The summed E-state index contributed by atoms with van der Waals surface area (Å²) < 4.78 is 16.0. The van der Waals surface area contributed by atoms with Gasteiger partial charge >= 0.3 is 0 Å². The first-order valence-corrected chi connectivity index (χ1v) is 6.57. The van der Waals surface area contributed by atoms with Gasteiger partial charge in [0, 0.05) is 23.3 Å². The number of hydrogen-bond donors (Lipinski definition) is 1. The number of nitrogens with zero attached hydrogens (tertiary/aromatic N) is 2. The molecule has 18 heavy (non-hydrogen) atoms. The number of benzene rings is 1. The minimum absolute atomic E-state index is 0.0456. The van der Waals surface area contributed by atoms with Gasteiger partial charge in [-0.2, -0.15) is 5.10 Å². The summed E-state index contributed by atoms with van der Waals surface area (Å²) in [5.41, 5.74) is 1.91. The molecule has 96 valence electrons. The summed E-state index contributed by atoms with van der Waals surface area (Å²) in [6, 6.07) is 4.88. The van der Waals surface area contributed by atoms with Gasteiger partial charge in [-0.05, 0) is 30.3 Å². The number of aryl methyl sites for hydroxylation is 1. The van der Waals surface area contributed by atoms with Gasteiger partial charge in [0.15, 0.2) is 0 Å². The largest absolute Gasteiger partial charge is 0.306 e. The first-order chi connectivity index (χ1) is 8.60. The lowest BCUT2D eigenvalue weighted by Gasteiger charge is -2.17. The van der Waals surface area contributed by atoms with Gasteiger partial charge < -0.3 is 5.32 Å². The molecule has 1 heterocycles. The molecule has 0 saturated heterocycles. The fourth-order valence-corrected chi connectivity index (χ4v) is 2.45. The van der Waals surface area contributed by atoms with Crippen molar-refractivity contribution in [1.82, 2.24) is 15.1 Å². The van der Waals surface area contributed by atoms with E-state index in [4.69, 9.17) is 0 Å². The van der Waals surface area contributed by atoms with Gasteiger partial charge in [-0.25, -0.2) is 4.39 Å². The first-order valence-electron chi connectivity index (χ1n) is 5.78. The van der Waals surface area contributed by atoms with Crippen LogP contribution in [0.1, 0.15) is 24.1 Å². The number of halogens is 2. The van der Waals surface area contributed by atoms with Crippen LogP contribution >= 0.6 is 15.9 Å². The van der Waals surface area contributed by atoms with E-state index in [2.05, 4.69) is 26.3 Å². The Bertz CT molecular complexity index is 519. The Kier molecular flexibility index (Phi) is 4.14. The molecule has 0 bridgehead atoms. The van der Waals surface area contributed by atoms with Crippen LogP contribution in [0.25, 0.3) is 0 Å². The van der Waals surface area contributed by atoms with E-state index in [1.54, 1.807) is 16.9 Å². The zero-order chi connectivity index (χ0) is 13.1. The highest BCUT2D eigenvalue weighted by Crippen LogP contribution is 2.25. The van der Waals surface area contributed by atoms with Gasteiger partial charge in [0.05, 0.1) is 12.2 Å². The summed E-state index contributed by atoms with van der Waals surface area (Å²) in [5, 5.41) is 7.50. The summed E-state index contributed by atoms with van der Waals surface area (Å²) in [6.07, 6.45) is 3.73. The van der Waals surface area contributed by atoms with Crippen LogP contribution in [0.5, 0.6) is 0 Å². The van der Waals surface area contributed by atoms with Crippen LogP contribution in [0, 0.1) is 5.82 Å². The standard InChI is InChI=1S/C13H15BrFN3/c1-3-16-13(10-7-17-18(2)8-10)9-4-11(14)6-12(15)5-9/h4-8,13,16H,3H2,1-2H3. The van der Waals surface area contributed by atoms with Gasteiger partial charge in [0.2, 0.25) is 0 Å². The molecule has 0 aliphatic rings. The maximum atomic E-state index is 13.5. The summed E-state index contributed by atoms with van der Waals surface area (Å²) >= 11 is 3.32. The summed E-state index contributed by atoms with van der Waals surface area (Å²) in [6.45, 7) is 2.82. The second kappa shape index (κ2) is 5.63. The molecule has 1 atom stereocenters. The minimum Gasteiger partial charge on any atom is -0.306 e. The molecule has 5 heteroatoms. The average molecular weight is 312 g/mol. The Hall–Kier alpha value is -1.20. The number of aromatic nitrogens is 2. The van der Waals surface area contributed by atoms with E-state index in [1.807, 2.05) is 26.2 Å². The maximum absolute atomic E-state index is 13.5. The molecular weight excluding hydrogens is 297 g/mol. The fourth-order valence-electron chi connectivity index (χ4n) is 1.96. The molecule has 0 aliphatic carbocycles. The predicted molar refractivity (Wildman–Crippen MR) is 72.8 cm³/mol. The normalized spacial score (nSPS) is 12.7. The van der Waals surface area contributed by atoms with Crippen molar-refractivity contribution in [2.75, 3.05) is 6.54 Å². The van der Waals surface area contributed by atoms with Crippen LogP contribution in [0.2, 0.25) is 0 Å². The molecule has 1 unspecified atom stereocenters. The van der Waals surface area contributed by atoms with Gasteiger partial charge in [0.1, 0.15) is 5.82 Å². The minimum atomic E-state index is -0.244. The third-order valence-corrected chi connectivity index (χ3v) is 3.14. The van der Waals surface area contributed by atoms with Gasteiger partial charge in [-0.3, -0.25) is 4.68 Å². The van der Waals surface area contributed by atoms with Crippen molar-refractivity contribution in [3.05, 3.63) is 52.0 Å². The second-order valence-corrected chi connectivity index (χ2v) is 5.06. The quantitative estimate of drug-likeness (QED) is 0.940. The molecule has 0 spiro atoms. The van der Waals surface area contributed by atoms with Crippen molar-refractivity contribution in [2.45, 2.75) is 13.0 Å². The number of rotatable bonds is 4. The molecule has 1 aromatic carbocycles. The van der Waals surface area contributed by atoms with Crippen LogP contribution in [0.4, 0.5) is 4.39 Å². The molecular formula is C13H15BrFN3. The predicted octanol–water partition coefficient (Wildman–Crippen LogP) is 3.02. The van der Waals surface area contributed by atoms with E-state index >= 15 is 0 Å². The van der Waals surface area contributed by atoms with E-state index in [0.717, 1.165) is 22.1 Å². The van der Waals surface area contributed by atoms with E-state index in [9.17, 15) is 4.39 Å². The number of hydrogen-bond acceptors (Lipinski definition) is 2. The molecule has 1 aromatic heterocycles. The summed E-state index contributed by atoms with van der Waals surface area (Å²) in [5.74, 6) is -0.244. The molecule has 0 amide bonds. The Morgan fingerprint density at radius 3 is 2.72 bits per heavy atom. The zero-order valence-corrected chi connectivity index (χ0v) is 11.9. The lowest BCUT2D eigenvalue weighted by molar-refractivity contribution is 0.602. The highest BCUT2D eigenvalue weighted by Gasteiger charge is 2.15. The molecule has 0 saturated carbocycles. The van der Waals surface area contributed by atoms with Crippen LogP contribution in [-0.4, -0.2) is 16.3 Å². The van der Waals surface area contributed by atoms with Crippen molar-refractivity contribution in [1.29, 1.82) is 0 Å². The van der Waals surface area contributed by atoms with Crippen molar-refractivity contribution in [3.8, 4) is 0 Å². The van der Waals surface area contributed by atoms with Crippen LogP contribution < -0.4 is 5.32 Å². The third kappa shape index (κ3) is 2.97. The van der Waals surface area contributed by atoms with Crippen LogP contribution in [-0.2, 0) is 7.05 Å². The number of nitrogens with one attached hydrogen (secondary N) is 1. The molecule has 0 aliphatic heterocycles. The third-order valence-electron chi connectivity index (χ3n) is 2.68. The monoisotopic (exact) mass is 311 g/mol. The highest BCUT2D eigenvalue weighted by atomic mass is 79.9. The molecule has 3 nitrogen and oxygen atoms in total. The lowest BCUT2D eigenvalue weighted by atomic mass is 10.0. The molecule has 2 rings (SSSR count).